The summed E-state index contributed by atoms with van der Waals surface area (Å²) >= 11 is 2.76. The Bertz CT molecular complexity index is 1360. The third-order valence-electron chi connectivity index (χ3n) is 6.87. The molecule has 1 aliphatic rings. The Morgan fingerprint density at radius 3 is 2.68 bits per heavy atom. The number of aromatic carboxylic acids is 1. The number of carbonyl (C=O) groups is 1. The van der Waals surface area contributed by atoms with Gasteiger partial charge in [0, 0.05) is 48.2 Å². The minimum atomic E-state index is -1.01. The van der Waals surface area contributed by atoms with Gasteiger partial charge in [-0.15, -0.1) is 22.7 Å². The van der Waals surface area contributed by atoms with Crippen molar-refractivity contribution in [2.45, 2.75) is 44.8 Å². The first-order chi connectivity index (χ1) is 17.9. The van der Waals surface area contributed by atoms with E-state index in [0.717, 1.165) is 83.0 Å². The number of nitrogen functional groups attached to an aromatic ring is 1. The number of nitrogens with zero attached hydrogens (tertiary/aromatic N) is 3. The van der Waals surface area contributed by atoms with Crippen molar-refractivity contribution in [2.24, 2.45) is 0 Å². The van der Waals surface area contributed by atoms with Crippen molar-refractivity contribution in [1.29, 1.82) is 0 Å². The van der Waals surface area contributed by atoms with Crippen LogP contribution >= 0.6 is 22.7 Å². The lowest BCUT2D eigenvalue weighted by molar-refractivity contribution is 0.0703. The number of aliphatic hydroxyl groups is 1. The van der Waals surface area contributed by atoms with E-state index in [1.807, 2.05) is 29.6 Å². The van der Waals surface area contributed by atoms with Crippen molar-refractivity contribution in [2.75, 3.05) is 30.3 Å². The molecular weight excluding hydrogens is 506 g/mol. The summed E-state index contributed by atoms with van der Waals surface area (Å²) in [6.07, 6.45) is 4.86. The van der Waals surface area contributed by atoms with Gasteiger partial charge in [0.1, 0.15) is 20.5 Å². The number of nitrogens with one attached hydrogen (secondary N) is 1. The summed E-state index contributed by atoms with van der Waals surface area (Å²) in [6.45, 7) is 4.28. The average molecular weight is 538 g/mol. The fourth-order valence-corrected chi connectivity index (χ4v) is 6.51. The standard InChI is InChI=1S/C27H31N5O3S2/c1-2-3-18-14-21(31-26-22(18)23(28)24(37-26)27(34)35)32-11-8-19(9-12-32)30-15-20(33)16-4-6-17(7-5-16)25-29-10-13-36-25/h4-7,10,13-14,19-20,30,33H,2-3,8-9,11-12,15,28H2,1H3,(H,34,35). The molecule has 1 fully saturated rings. The molecule has 0 radical (unpaired) electrons. The molecule has 0 spiro atoms. The number of nitrogens with two attached hydrogens (primary N) is 1. The highest BCUT2D eigenvalue weighted by Crippen LogP contribution is 2.37. The zero-order chi connectivity index (χ0) is 25.9. The summed E-state index contributed by atoms with van der Waals surface area (Å²) < 4.78 is 0. The molecule has 4 heterocycles. The Kier molecular flexibility index (Phi) is 7.71. The number of aliphatic hydroxyl groups excluding tert-OH is 1. The summed E-state index contributed by atoms with van der Waals surface area (Å²) in [5.41, 5.74) is 9.53. The van der Waals surface area contributed by atoms with Gasteiger partial charge in [-0.3, -0.25) is 0 Å². The molecule has 5 N–H and O–H groups in total. The number of carboxylic acids is 1. The van der Waals surface area contributed by atoms with Crippen LogP contribution in [-0.2, 0) is 6.42 Å². The minimum Gasteiger partial charge on any atom is -0.477 e. The summed E-state index contributed by atoms with van der Waals surface area (Å²) in [4.78, 5) is 23.9. The van der Waals surface area contributed by atoms with Gasteiger partial charge in [-0.1, -0.05) is 37.6 Å². The summed E-state index contributed by atoms with van der Waals surface area (Å²) in [6, 6.07) is 10.3. The number of piperidine rings is 1. The Morgan fingerprint density at radius 2 is 2.03 bits per heavy atom. The first-order valence-corrected chi connectivity index (χ1v) is 14.3. The summed E-state index contributed by atoms with van der Waals surface area (Å²) in [5, 5.41) is 27.5. The highest BCUT2D eigenvalue weighted by molar-refractivity contribution is 7.21. The summed E-state index contributed by atoms with van der Waals surface area (Å²) in [5.74, 6) is -0.123. The topological polar surface area (TPSA) is 125 Å². The number of thiazole rings is 1. The van der Waals surface area contributed by atoms with E-state index < -0.39 is 12.1 Å². The average Bonchev–Trinajstić information content (AvgIpc) is 3.56. The van der Waals surface area contributed by atoms with Crippen molar-refractivity contribution >= 4 is 50.4 Å². The van der Waals surface area contributed by atoms with E-state index in [0.29, 0.717) is 23.1 Å². The quantitative estimate of drug-likeness (QED) is 0.237. The molecule has 1 saturated heterocycles. The second-order valence-corrected chi connectivity index (χ2v) is 11.3. The van der Waals surface area contributed by atoms with Crippen LogP contribution in [0.1, 0.15) is 53.1 Å². The Hall–Kier alpha value is -3.05. The van der Waals surface area contributed by atoms with E-state index in [1.165, 1.54) is 0 Å². The van der Waals surface area contributed by atoms with Gasteiger partial charge in [0.25, 0.3) is 0 Å². The smallest absolute Gasteiger partial charge is 0.348 e. The Morgan fingerprint density at radius 1 is 1.27 bits per heavy atom. The summed E-state index contributed by atoms with van der Waals surface area (Å²) in [7, 11) is 0. The zero-order valence-corrected chi connectivity index (χ0v) is 22.3. The highest BCUT2D eigenvalue weighted by atomic mass is 32.1. The number of hydrogen-bond donors (Lipinski definition) is 4. The van der Waals surface area contributed by atoms with E-state index in [2.05, 4.69) is 28.2 Å². The third-order valence-corrected chi connectivity index (χ3v) is 8.78. The van der Waals surface area contributed by atoms with Crippen molar-refractivity contribution < 1.29 is 15.0 Å². The van der Waals surface area contributed by atoms with Crippen LogP contribution < -0.4 is 16.0 Å². The van der Waals surface area contributed by atoms with Gasteiger partial charge >= 0.3 is 5.97 Å². The van der Waals surface area contributed by atoms with Gasteiger partial charge in [-0.2, -0.15) is 0 Å². The van der Waals surface area contributed by atoms with Gasteiger partial charge in [-0.25, -0.2) is 14.8 Å². The van der Waals surface area contributed by atoms with E-state index in [9.17, 15) is 15.0 Å². The maximum absolute atomic E-state index is 11.6. The van der Waals surface area contributed by atoms with Crippen LogP contribution in [0.25, 0.3) is 20.8 Å². The number of anilines is 2. The number of pyridine rings is 1. The van der Waals surface area contributed by atoms with Crippen molar-refractivity contribution in [3.63, 3.8) is 0 Å². The van der Waals surface area contributed by atoms with E-state index >= 15 is 0 Å². The van der Waals surface area contributed by atoms with Gasteiger partial charge in [0.15, 0.2) is 0 Å². The predicted octanol–water partition coefficient (Wildman–Crippen LogP) is 4.94. The van der Waals surface area contributed by atoms with E-state index in [-0.39, 0.29) is 4.88 Å². The minimum absolute atomic E-state index is 0.163. The monoisotopic (exact) mass is 537 g/mol. The van der Waals surface area contributed by atoms with E-state index in [1.54, 1.807) is 17.5 Å². The number of aryl methyl sites for hydroxylation is 1. The Labute approximate surface area is 223 Å². The molecule has 8 nitrogen and oxygen atoms in total. The first kappa shape index (κ1) is 25.6. The number of fused-ring (bicyclic) bond motifs is 1. The molecule has 194 valence electrons. The fourth-order valence-electron chi connectivity index (χ4n) is 4.89. The first-order valence-electron chi connectivity index (χ1n) is 12.6. The molecule has 0 aliphatic carbocycles. The number of benzene rings is 1. The van der Waals surface area contributed by atoms with Gasteiger partial charge in [0.05, 0.1) is 11.8 Å². The van der Waals surface area contributed by atoms with Crippen LogP contribution in [0.5, 0.6) is 0 Å². The number of hydrogen-bond acceptors (Lipinski definition) is 9. The Balaban J connectivity index is 1.20. The second-order valence-electron chi connectivity index (χ2n) is 9.36. The van der Waals surface area contributed by atoms with Crippen LogP contribution in [0.3, 0.4) is 0 Å². The molecule has 1 aliphatic heterocycles. The number of rotatable bonds is 9. The molecule has 4 aromatic rings. The molecule has 1 unspecified atom stereocenters. The lowest BCUT2D eigenvalue weighted by Crippen LogP contribution is -2.44. The number of aromatic nitrogens is 2. The fraction of sp³-hybridized carbons (Fsp3) is 0.370. The maximum atomic E-state index is 11.6. The normalized spacial score (nSPS) is 15.4. The van der Waals surface area contributed by atoms with Gasteiger partial charge in [0.2, 0.25) is 0 Å². The largest absolute Gasteiger partial charge is 0.477 e. The van der Waals surface area contributed by atoms with Crippen LogP contribution in [-0.4, -0.2) is 51.8 Å². The number of thiophene rings is 1. The van der Waals surface area contributed by atoms with Crippen molar-refractivity contribution in [3.8, 4) is 10.6 Å². The molecule has 0 bridgehead atoms. The SMILES string of the molecule is CCCc1cc(N2CCC(NCC(O)c3ccc(-c4nccs4)cc3)CC2)nc2sc(C(=O)O)c(N)c12. The molecule has 3 aromatic heterocycles. The van der Waals surface area contributed by atoms with Crippen molar-refractivity contribution in [3.05, 3.63) is 57.9 Å². The van der Waals surface area contributed by atoms with Crippen LogP contribution in [0.4, 0.5) is 11.5 Å². The molecule has 10 heteroatoms. The molecular formula is C27H31N5O3S2. The van der Waals surface area contributed by atoms with Crippen LogP contribution in [0, 0.1) is 0 Å². The molecule has 1 aromatic carbocycles. The van der Waals surface area contributed by atoms with Gasteiger partial charge in [-0.05, 0) is 36.5 Å². The number of carboxylic acid groups (broad SMARTS) is 1. The molecule has 37 heavy (non-hydrogen) atoms. The second kappa shape index (κ2) is 11.1. The maximum Gasteiger partial charge on any atom is 0.348 e. The highest BCUT2D eigenvalue weighted by Gasteiger charge is 2.24. The molecule has 5 rings (SSSR count). The molecule has 1 atom stereocenters. The van der Waals surface area contributed by atoms with Crippen LogP contribution in [0.15, 0.2) is 41.9 Å². The lowest BCUT2D eigenvalue weighted by Gasteiger charge is -2.34. The third kappa shape index (κ3) is 5.47. The van der Waals surface area contributed by atoms with E-state index in [4.69, 9.17) is 10.7 Å². The van der Waals surface area contributed by atoms with Crippen molar-refractivity contribution in [1.82, 2.24) is 15.3 Å². The predicted molar refractivity (Wildman–Crippen MR) is 151 cm³/mol. The van der Waals surface area contributed by atoms with Crippen LogP contribution in [0.2, 0.25) is 0 Å². The molecule has 0 saturated carbocycles. The zero-order valence-electron chi connectivity index (χ0n) is 20.7. The van der Waals surface area contributed by atoms with Gasteiger partial charge < -0.3 is 26.2 Å². The molecule has 0 amide bonds. The lowest BCUT2D eigenvalue weighted by atomic mass is 10.0.